The van der Waals surface area contributed by atoms with Crippen molar-refractivity contribution < 1.29 is 0 Å². The van der Waals surface area contributed by atoms with E-state index in [1.807, 2.05) is 0 Å². The van der Waals surface area contributed by atoms with Gasteiger partial charge in [0.25, 0.3) is 0 Å². The maximum Gasteiger partial charge on any atom is -0.000717 e. The van der Waals surface area contributed by atoms with E-state index in [9.17, 15) is 0 Å². The molecule has 0 spiro atoms. The lowest BCUT2D eigenvalue weighted by Crippen LogP contribution is -1.99. The molecule has 0 aliphatic rings. The van der Waals surface area contributed by atoms with Crippen LogP contribution in [0.1, 0.15) is 33.4 Å². The van der Waals surface area contributed by atoms with Crippen LogP contribution in [0, 0.1) is 41.5 Å². The monoisotopic (exact) mass is 756 g/mol. The van der Waals surface area contributed by atoms with Crippen LogP contribution in [0.25, 0.3) is 162 Å². The fourth-order valence-corrected chi connectivity index (χ4v) is 13.6. The van der Waals surface area contributed by atoms with Crippen LogP contribution in [-0.2, 0) is 0 Å². The van der Waals surface area contributed by atoms with E-state index >= 15 is 0 Å². The van der Waals surface area contributed by atoms with Gasteiger partial charge >= 0.3 is 0 Å². The van der Waals surface area contributed by atoms with Gasteiger partial charge in [0.15, 0.2) is 0 Å². The second-order valence-corrected chi connectivity index (χ2v) is 18.8. The summed E-state index contributed by atoms with van der Waals surface area (Å²) < 4.78 is 0. The Hall–Kier alpha value is -7.02. The number of aryl methyl sites for hydroxylation is 6. The van der Waals surface area contributed by atoms with Crippen LogP contribution in [-0.4, -0.2) is 0 Å². The average Bonchev–Trinajstić information content (AvgIpc) is 3.27. The van der Waals surface area contributed by atoms with Crippen molar-refractivity contribution in [3.8, 4) is 0 Å². The average molecular weight is 757 g/mol. The summed E-state index contributed by atoms with van der Waals surface area (Å²) in [6.07, 6.45) is 0. The maximum atomic E-state index is 2.49. The second kappa shape index (κ2) is 9.54. The smallest absolute Gasteiger partial charge is 0.000717 e. The molecule has 0 aliphatic heterocycles. The predicted molar refractivity (Wildman–Crippen MR) is 265 cm³/mol. The molecular formula is C60H36. The van der Waals surface area contributed by atoms with Gasteiger partial charge in [-0.3, -0.25) is 0 Å². The Morgan fingerprint density at radius 3 is 0.517 bits per heavy atom. The van der Waals surface area contributed by atoms with Gasteiger partial charge < -0.3 is 0 Å². The summed E-state index contributed by atoms with van der Waals surface area (Å²) in [5, 5.41) is 42.1. The SMILES string of the molecule is Cc1ccc2c3ccc4c5ccc6c7ccc8c9ccc(C)c(C)c9c9c(C)ccc%10c%11ccc%12c%13ccc%14c%15ccc(C)c(c2c1C)c%15c3c4c%14c%13c5c6c%12c%11c7c8c%109. The van der Waals surface area contributed by atoms with Gasteiger partial charge in [-0.05, 0) is 237 Å². The molecule has 0 aromatic heterocycles. The Kier molecular flexibility index (Phi) is 4.93. The lowest BCUT2D eigenvalue weighted by atomic mass is 9.75. The Balaban J connectivity index is 1.22. The summed E-state index contributed by atoms with van der Waals surface area (Å²) >= 11 is 0. The fourth-order valence-electron chi connectivity index (χ4n) is 13.6. The third kappa shape index (κ3) is 3.00. The van der Waals surface area contributed by atoms with E-state index < -0.39 is 0 Å². The molecule has 0 heteroatoms. The van der Waals surface area contributed by atoms with E-state index in [-0.39, 0.29) is 0 Å². The van der Waals surface area contributed by atoms with Crippen LogP contribution in [0.2, 0.25) is 0 Å². The van der Waals surface area contributed by atoms with Gasteiger partial charge in [0.2, 0.25) is 0 Å². The first kappa shape index (κ1) is 31.0. The van der Waals surface area contributed by atoms with Crippen molar-refractivity contribution >= 4 is 162 Å². The van der Waals surface area contributed by atoms with Crippen LogP contribution in [0.4, 0.5) is 0 Å². The highest BCUT2D eigenvalue weighted by Crippen LogP contribution is 2.58. The van der Waals surface area contributed by atoms with Gasteiger partial charge in [-0.15, -0.1) is 0 Å². The number of hydrogen-bond donors (Lipinski definition) is 0. The van der Waals surface area contributed by atoms with Gasteiger partial charge in [-0.1, -0.05) is 109 Å². The van der Waals surface area contributed by atoms with Gasteiger partial charge in [0.1, 0.15) is 0 Å². The minimum atomic E-state index is 1.35. The molecule has 0 unspecified atom stereocenters. The zero-order valence-electron chi connectivity index (χ0n) is 34.4. The molecule has 16 aromatic rings. The highest BCUT2D eigenvalue weighted by molar-refractivity contribution is 6.57. The maximum absolute atomic E-state index is 2.49. The molecular weight excluding hydrogens is 721 g/mol. The van der Waals surface area contributed by atoms with E-state index in [1.165, 1.54) is 195 Å². The second-order valence-electron chi connectivity index (χ2n) is 18.8. The topological polar surface area (TPSA) is 0 Å². The molecule has 16 aromatic carbocycles. The van der Waals surface area contributed by atoms with Crippen LogP contribution >= 0.6 is 0 Å². The molecule has 0 heterocycles. The highest BCUT2D eigenvalue weighted by Gasteiger charge is 2.30. The van der Waals surface area contributed by atoms with Crippen molar-refractivity contribution in [3.05, 3.63) is 143 Å². The van der Waals surface area contributed by atoms with Crippen molar-refractivity contribution in [2.24, 2.45) is 0 Å². The van der Waals surface area contributed by atoms with E-state index in [1.54, 1.807) is 0 Å². The third-order valence-corrected chi connectivity index (χ3v) is 16.4. The third-order valence-electron chi connectivity index (χ3n) is 16.4. The first-order valence-electron chi connectivity index (χ1n) is 21.7. The molecule has 60 heavy (non-hydrogen) atoms. The number of fused-ring (bicyclic) bond motifs is 11. The molecule has 0 saturated carbocycles. The summed E-state index contributed by atoms with van der Waals surface area (Å²) in [5.74, 6) is 0. The highest BCUT2D eigenvalue weighted by atomic mass is 14.3. The van der Waals surface area contributed by atoms with Crippen LogP contribution < -0.4 is 0 Å². The molecule has 276 valence electrons. The number of hydrogen-bond acceptors (Lipinski definition) is 0. The molecule has 0 fully saturated rings. The van der Waals surface area contributed by atoms with Gasteiger partial charge in [0.05, 0.1) is 0 Å². The van der Waals surface area contributed by atoms with E-state index in [4.69, 9.17) is 0 Å². The summed E-state index contributed by atoms with van der Waals surface area (Å²) in [5.41, 5.74) is 8.21. The first-order valence-corrected chi connectivity index (χ1v) is 21.7. The fraction of sp³-hybridized carbons (Fsp3) is 0.100. The van der Waals surface area contributed by atoms with E-state index in [0.717, 1.165) is 0 Å². The zero-order valence-corrected chi connectivity index (χ0v) is 34.4. The molecule has 0 amide bonds. The number of rotatable bonds is 0. The lowest BCUT2D eigenvalue weighted by Gasteiger charge is -2.27. The summed E-state index contributed by atoms with van der Waals surface area (Å²) in [7, 11) is 0. The summed E-state index contributed by atoms with van der Waals surface area (Å²) in [6.45, 7) is 13.8. The van der Waals surface area contributed by atoms with Gasteiger partial charge in [-0.2, -0.15) is 0 Å². The van der Waals surface area contributed by atoms with E-state index in [2.05, 4.69) is 151 Å². The Morgan fingerprint density at radius 1 is 0.150 bits per heavy atom. The lowest BCUT2D eigenvalue weighted by molar-refractivity contribution is 1.38. The molecule has 0 atom stereocenters. The van der Waals surface area contributed by atoms with Crippen molar-refractivity contribution in [1.29, 1.82) is 0 Å². The minimum Gasteiger partial charge on any atom is -0.0584 e. The van der Waals surface area contributed by atoms with Crippen molar-refractivity contribution in [3.63, 3.8) is 0 Å². The van der Waals surface area contributed by atoms with Gasteiger partial charge in [-0.25, -0.2) is 0 Å². The molecule has 0 aliphatic carbocycles. The van der Waals surface area contributed by atoms with Crippen molar-refractivity contribution in [2.75, 3.05) is 0 Å². The van der Waals surface area contributed by atoms with Crippen molar-refractivity contribution in [1.82, 2.24) is 0 Å². The summed E-state index contributed by atoms with van der Waals surface area (Å²) in [6, 6.07) is 43.9. The van der Waals surface area contributed by atoms with Crippen LogP contribution in [0.3, 0.4) is 0 Å². The largest absolute Gasteiger partial charge is 0.0584 e. The Labute approximate surface area is 344 Å². The Morgan fingerprint density at radius 2 is 0.300 bits per heavy atom. The molecule has 0 saturated heterocycles. The molecule has 0 bridgehead atoms. The minimum absolute atomic E-state index is 1.35. The standard InChI is InChI=1S/C60H36/c1-25-7-11-31-35-15-17-39-41-23-24-42-40-18-16-36-32-12-8-26(2)30(6)48(32)46-28(4)10-14-34-38-20-22-44-43-21-19-37-33-13-9-27(3)45(47(31)29(25)5)49(33)51(35)53(39)55(37)57(43)59(41)60(42)58(44)56(38)54(40)52(36)50(34)46/h7-24H,1-6H3. The van der Waals surface area contributed by atoms with Crippen LogP contribution in [0.15, 0.2) is 109 Å². The molecule has 16 rings (SSSR count). The Bertz CT molecular complexity index is 4370. The molecule has 0 radical (unpaired) electrons. The zero-order chi connectivity index (χ0) is 39.5. The van der Waals surface area contributed by atoms with Gasteiger partial charge in [0, 0.05) is 0 Å². The van der Waals surface area contributed by atoms with Crippen LogP contribution in [0.5, 0.6) is 0 Å². The quantitative estimate of drug-likeness (QED) is 0.107. The molecule has 0 N–H and O–H groups in total. The normalized spacial score (nSPS) is 13.5. The number of benzene rings is 16. The predicted octanol–water partition coefficient (Wildman–Crippen LogP) is 17.5. The first-order chi connectivity index (χ1) is 29.3. The molecule has 0 nitrogen and oxygen atoms in total. The van der Waals surface area contributed by atoms with Crippen molar-refractivity contribution in [2.45, 2.75) is 41.5 Å². The van der Waals surface area contributed by atoms with E-state index in [0.29, 0.717) is 0 Å². The summed E-state index contributed by atoms with van der Waals surface area (Å²) in [4.78, 5) is 0.